The minimum atomic E-state index is -0.322. The second-order valence-electron chi connectivity index (χ2n) is 6.02. The molecule has 0 N–H and O–H groups in total. The fourth-order valence-electron chi connectivity index (χ4n) is 3.65. The number of carbonyl (C=O) groups excluding carboxylic acids is 1. The molecule has 1 saturated carbocycles. The number of hydrogen-bond acceptors (Lipinski definition) is 3. The summed E-state index contributed by atoms with van der Waals surface area (Å²) in [6.07, 6.45) is 2.12. The Balaban J connectivity index is 1.83. The first-order valence-electron chi connectivity index (χ1n) is 7.04. The number of rotatable bonds is 3. The van der Waals surface area contributed by atoms with Crippen LogP contribution in [0, 0.1) is 11.8 Å². The second kappa shape index (κ2) is 4.64. The molecule has 19 heavy (non-hydrogen) atoms. The maximum Gasteiger partial charge on any atom is 0.326 e. The highest BCUT2D eigenvalue weighted by Gasteiger charge is 2.66. The summed E-state index contributed by atoms with van der Waals surface area (Å²) in [7, 11) is 1.51. The summed E-state index contributed by atoms with van der Waals surface area (Å²) in [6.45, 7) is 4.11. The smallest absolute Gasteiger partial charge is 0.326 e. The van der Waals surface area contributed by atoms with Crippen LogP contribution in [0.1, 0.15) is 25.3 Å². The van der Waals surface area contributed by atoms with Gasteiger partial charge in [0, 0.05) is 13.1 Å². The Morgan fingerprint density at radius 1 is 1.42 bits per heavy atom. The van der Waals surface area contributed by atoms with Crippen molar-refractivity contribution in [3.8, 4) is 0 Å². The predicted molar refractivity (Wildman–Crippen MR) is 73.5 cm³/mol. The van der Waals surface area contributed by atoms with Crippen LogP contribution in [0.4, 0.5) is 0 Å². The average Bonchev–Trinajstić information content (AvgIpc) is 3.14. The van der Waals surface area contributed by atoms with Crippen molar-refractivity contribution in [3.63, 3.8) is 0 Å². The highest BCUT2D eigenvalue weighted by atomic mass is 16.5. The van der Waals surface area contributed by atoms with Crippen molar-refractivity contribution in [1.29, 1.82) is 0 Å². The van der Waals surface area contributed by atoms with Crippen molar-refractivity contribution in [3.05, 3.63) is 35.9 Å². The highest BCUT2D eigenvalue weighted by molar-refractivity contribution is 5.85. The van der Waals surface area contributed by atoms with Gasteiger partial charge in [-0.15, -0.1) is 0 Å². The topological polar surface area (TPSA) is 29.5 Å². The molecule has 3 nitrogen and oxygen atoms in total. The Hall–Kier alpha value is -1.35. The molecule has 2 aliphatic rings. The zero-order valence-corrected chi connectivity index (χ0v) is 11.6. The van der Waals surface area contributed by atoms with E-state index in [0.717, 1.165) is 25.9 Å². The molecular formula is C16H21NO2. The molecule has 102 valence electrons. The lowest BCUT2D eigenvalue weighted by atomic mass is 9.93. The van der Waals surface area contributed by atoms with Crippen LogP contribution in [0.2, 0.25) is 0 Å². The van der Waals surface area contributed by atoms with Crippen molar-refractivity contribution in [2.24, 2.45) is 11.8 Å². The van der Waals surface area contributed by atoms with Gasteiger partial charge in [-0.3, -0.25) is 9.69 Å². The van der Waals surface area contributed by atoms with Crippen LogP contribution in [-0.4, -0.2) is 30.1 Å². The first kappa shape index (κ1) is 12.7. The number of hydrogen-bond donors (Lipinski definition) is 0. The summed E-state index contributed by atoms with van der Waals surface area (Å²) < 4.78 is 5.06. The molecule has 0 unspecified atom stereocenters. The molecule has 0 bridgehead atoms. The number of methoxy groups -OCH3 is 1. The van der Waals surface area contributed by atoms with E-state index in [0.29, 0.717) is 11.8 Å². The van der Waals surface area contributed by atoms with Crippen molar-refractivity contribution in [1.82, 2.24) is 4.90 Å². The molecule has 1 aliphatic heterocycles. The number of esters is 1. The van der Waals surface area contributed by atoms with E-state index in [2.05, 4.69) is 36.1 Å². The molecule has 1 aliphatic carbocycles. The standard InChI is InChI=1S/C16H21NO2/c1-12-8-14-9-16(14,15(18)19-2)17(10-12)11-13-6-4-3-5-7-13/h3-7,12,14H,8-11H2,1-2H3/t12-,14+,16-/m0/s1. The molecule has 1 aromatic rings. The number of likely N-dealkylation sites (tertiary alicyclic amines) is 1. The largest absolute Gasteiger partial charge is 0.468 e. The minimum Gasteiger partial charge on any atom is -0.468 e. The van der Waals surface area contributed by atoms with E-state index in [-0.39, 0.29) is 11.5 Å². The molecule has 0 spiro atoms. The van der Waals surface area contributed by atoms with Gasteiger partial charge in [0.05, 0.1) is 7.11 Å². The van der Waals surface area contributed by atoms with Gasteiger partial charge in [0.15, 0.2) is 0 Å². The van der Waals surface area contributed by atoms with Gasteiger partial charge in [0.25, 0.3) is 0 Å². The zero-order chi connectivity index (χ0) is 13.5. The zero-order valence-electron chi connectivity index (χ0n) is 11.6. The SMILES string of the molecule is COC(=O)[C@]12C[C@H]1C[C@H](C)CN2Cc1ccccc1. The third kappa shape index (κ3) is 2.06. The van der Waals surface area contributed by atoms with Gasteiger partial charge in [0.1, 0.15) is 5.54 Å². The quantitative estimate of drug-likeness (QED) is 0.781. The van der Waals surface area contributed by atoms with Crippen LogP contribution < -0.4 is 0 Å². The summed E-state index contributed by atoms with van der Waals surface area (Å²) in [5.41, 5.74) is 0.947. The van der Waals surface area contributed by atoms with E-state index in [1.54, 1.807) is 0 Å². The lowest BCUT2D eigenvalue weighted by Gasteiger charge is -2.37. The highest BCUT2D eigenvalue weighted by Crippen LogP contribution is 2.56. The summed E-state index contributed by atoms with van der Waals surface area (Å²) in [4.78, 5) is 14.5. The van der Waals surface area contributed by atoms with Crippen LogP contribution in [0.3, 0.4) is 0 Å². The first-order valence-corrected chi connectivity index (χ1v) is 7.04. The van der Waals surface area contributed by atoms with E-state index in [1.165, 1.54) is 12.7 Å². The minimum absolute atomic E-state index is 0.0414. The molecule has 0 radical (unpaired) electrons. The van der Waals surface area contributed by atoms with Gasteiger partial charge in [0.2, 0.25) is 0 Å². The summed E-state index contributed by atoms with van der Waals surface area (Å²) >= 11 is 0. The van der Waals surface area contributed by atoms with E-state index < -0.39 is 0 Å². The molecule has 1 heterocycles. The van der Waals surface area contributed by atoms with E-state index in [1.807, 2.05) is 6.07 Å². The number of benzene rings is 1. The molecule has 0 aromatic heterocycles. The number of fused-ring (bicyclic) bond motifs is 1. The van der Waals surface area contributed by atoms with Crippen LogP contribution in [-0.2, 0) is 16.1 Å². The van der Waals surface area contributed by atoms with Crippen LogP contribution in [0.5, 0.6) is 0 Å². The van der Waals surface area contributed by atoms with Gasteiger partial charge >= 0.3 is 5.97 Å². The average molecular weight is 259 g/mol. The van der Waals surface area contributed by atoms with Crippen LogP contribution in [0.25, 0.3) is 0 Å². The van der Waals surface area contributed by atoms with Gasteiger partial charge in [-0.2, -0.15) is 0 Å². The lowest BCUT2D eigenvalue weighted by molar-refractivity contribution is -0.151. The monoisotopic (exact) mass is 259 g/mol. The normalized spacial score (nSPS) is 33.6. The molecule has 3 heteroatoms. The summed E-state index contributed by atoms with van der Waals surface area (Å²) in [5.74, 6) is 1.11. The van der Waals surface area contributed by atoms with Gasteiger partial charge in [-0.25, -0.2) is 0 Å². The Morgan fingerprint density at radius 3 is 2.84 bits per heavy atom. The summed E-state index contributed by atoms with van der Waals surface area (Å²) in [5, 5.41) is 0. The maximum atomic E-state index is 12.2. The Labute approximate surface area is 114 Å². The van der Waals surface area contributed by atoms with E-state index in [4.69, 9.17) is 4.74 Å². The fraction of sp³-hybridized carbons (Fsp3) is 0.562. The van der Waals surface area contributed by atoms with Gasteiger partial charge in [-0.05, 0) is 30.2 Å². The molecular weight excluding hydrogens is 238 g/mol. The molecule has 3 rings (SSSR count). The molecule has 1 aromatic carbocycles. The van der Waals surface area contributed by atoms with Crippen molar-refractivity contribution < 1.29 is 9.53 Å². The van der Waals surface area contributed by atoms with E-state index >= 15 is 0 Å². The fourth-order valence-corrected chi connectivity index (χ4v) is 3.65. The van der Waals surface area contributed by atoms with E-state index in [9.17, 15) is 4.79 Å². The molecule has 3 atom stereocenters. The molecule has 2 fully saturated rings. The number of carbonyl (C=O) groups is 1. The van der Waals surface area contributed by atoms with Gasteiger partial charge in [-0.1, -0.05) is 37.3 Å². The Bertz CT molecular complexity index is 473. The third-order valence-corrected chi connectivity index (χ3v) is 4.61. The second-order valence-corrected chi connectivity index (χ2v) is 6.02. The van der Waals surface area contributed by atoms with Crippen molar-refractivity contribution in [2.75, 3.05) is 13.7 Å². The predicted octanol–water partition coefficient (Wildman–Crippen LogP) is 2.46. The van der Waals surface area contributed by atoms with Gasteiger partial charge < -0.3 is 4.74 Å². The lowest BCUT2D eigenvalue weighted by Crippen LogP contribution is -2.50. The maximum absolute atomic E-state index is 12.2. The number of ether oxygens (including phenoxy) is 1. The van der Waals surface area contributed by atoms with Crippen LogP contribution >= 0.6 is 0 Å². The number of piperidine rings is 1. The first-order chi connectivity index (χ1) is 9.16. The van der Waals surface area contributed by atoms with Crippen molar-refractivity contribution in [2.45, 2.75) is 31.8 Å². The number of nitrogens with zero attached hydrogens (tertiary/aromatic N) is 1. The Morgan fingerprint density at radius 2 is 2.16 bits per heavy atom. The van der Waals surface area contributed by atoms with Crippen molar-refractivity contribution >= 4 is 5.97 Å². The molecule has 0 amide bonds. The Kier molecular flexibility index (Phi) is 3.09. The molecule has 1 saturated heterocycles. The van der Waals surface area contributed by atoms with Crippen LogP contribution in [0.15, 0.2) is 30.3 Å². The third-order valence-electron chi connectivity index (χ3n) is 4.61. The summed E-state index contributed by atoms with van der Waals surface area (Å²) in [6, 6.07) is 10.4.